The molecule has 0 radical (unpaired) electrons. The standard InChI is InChI=1S/C11H14N4O4/c1-19-8-2-3-13-11(14-8)15-5-4-12-10(18)7(15)6-9(16)17/h2-3,7H,4-6H2,1H3,(H,12,18)(H,16,17). The van der Waals surface area contributed by atoms with Crippen LogP contribution in [-0.2, 0) is 9.59 Å². The largest absolute Gasteiger partial charge is 0.481 e. The highest BCUT2D eigenvalue weighted by Gasteiger charge is 2.33. The van der Waals surface area contributed by atoms with Crippen molar-refractivity contribution in [1.29, 1.82) is 0 Å². The SMILES string of the molecule is COc1ccnc(N2CCNC(=O)C2CC(=O)O)n1. The van der Waals surface area contributed by atoms with Gasteiger partial charge in [0.2, 0.25) is 17.7 Å². The van der Waals surface area contributed by atoms with Gasteiger partial charge in [0.15, 0.2) is 0 Å². The molecule has 1 aliphatic rings. The van der Waals surface area contributed by atoms with Gasteiger partial charge in [-0.1, -0.05) is 0 Å². The van der Waals surface area contributed by atoms with Gasteiger partial charge in [0, 0.05) is 25.4 Å². The molecule has 2 N–H and O–H groups in total. The van der Waals surface area contributed by atoms with E-state index in [4.69, 9.17) is 9.84 Å². The van der Waals surface area contributed by atoms with E-state index in [2.05, 4.69) is 15.3 Å². The maximum Gasteiger partial charge on any atom is 0.305 e. The molecule has 1 unspecified atom stereocenters. The Kier molecular flexibility index (Phi) is 3.79. The molecule has 1 fully saturated rings. The Morgan fingerprint density at radius 3 is 3.16 bits per heavy atom. The van der Waals surface area contributed by atoms with Crippen LogP contribution in [0.1, 0.15) is 6.42 Å². The van der Waals surface area contributed by atoms with Crippen LogP contribution in [0.2, 0.25) is 0 Å². The van der Waals surface area contributed by atoms with Gasteiger partial charge in [0.25, 0.3) is 0 Å². The molecule has 0 aromatic carbocycles. The highest BCUT2D eigenvalue weighted by Crippen LogP contribution is 2.18. The van der Waals surface area contributed by atoms with Crippen molar-refractivity contribution < 1.29 is 19.4 Å². The summed E-state index contributed by atoms with van der Waals surface area (Å²) in [5, 5.41) is 11.5. The zero-order valence-corrected chi connectivity index (χ0v) is 10.4. The number of aromatic nitrogens is 2. The molecular weight excluding hydrogens is 252 g/mol. The van der Waals surface area contributed by atoms with Crippen molar-refractivity contribution in [3.05, 3.63) is 12.3 Å². The lowest BCUT2D eigenvalue weighted by Gasteiger charge is -2.34. The first-order chi connectivity index (χ1) is 9.11. The summed E-state index contributed by atoms with van der Waals surface area (Å²) in [5.74, 6) is -0.722. The molecule has 2 heterocycles. The highest BCUT2D eigenvalue weighted by molar-refractivity contribution is 5.89. The van der Waals surface area contributed by atoms with Gasteiger partial charge in [-0.05, 0) is 0 Å². The number of hydrogen-bond acceptors (Lipinski definition) is 6. The molecule has 1 aromatic rings. The highest BCUT2D eigenvalue weighted by atomic mass is 16.5. The molecule has 1 amide bonds. The quantitative estimate of drug-likeness (QED) is 0.739. The zero-order valence-electron chi connectivity index (χ0n) is 10.4. The molecular formula is C11H14N4O4. The number of methoxy groups -OCH3 is 1. The topological polar surface area (TPSA) is 105 Å². The summed E-state index contributed by atoms with van der Waals surface area (Å²) in [6, 6.07) is 0.776. The summed E-state index contributed by atoms with van der Waals surface area (Å²) >= 11 is 0. The second kappa shape index (κ2) is 5.51. The van der Waals surface area contributed by atoms with E-state index in [9.17, 15) is 9.59 Å². The van der Waals surface area contributed by atoms with E-state index in [0.717, 1.165) is 0 Å². The number of nitrogens with zero attached hydrogens (tertiary/aromatic N) is 3. The number of anilines is 1. The Balaban J connectivity index is 2.27. The van der Waals surface area contributed by atoms with E-state index in [-0.39, 0.29) is 12.3 Å². The van der Waals surface area contributed by atoms with Gasteiger partial charge in [-0.3, -0.25) is 9.59 Å². The molecule has 1 aromatic heterocycles. The van der Waals surface area contributed by atoms with Crippen molar-refractivity contribution in [2.75, 3.05) is 25.1 Å². The molecule has 2 rings (SSSR count). The first kappa shape index (κ1) is 13.1. The van der Waals surface area contributed by atoms with Crippen LogP contribution in [0.3, 0.4) is 0 Å². The number of carboxylic acid groups (broad SMARTS) is 1. The minimum atomic E-state index is -1.05. The third-order valence-corrected chi connectivity index (χ3v) is 2.78. The zero-order chi connectivity index (χ0) is 13.8. The third-order valence-electron chi connectivity index (χ3n) is 2.78. The number of ether oxygens (including phenoxy) is 1. The van der Waals surface area contributed by atoms with Crippen molar-refractivity contribution in [3.8, 4) is 5.88 Å². The number of carbonyl (C=O) groups excluding carboxylic acids is 1. The van der Waals surface area contributed by atoms with Crippen LogP contribution in [0.15, 0.2) is 12.3 Å². The molecule has 8 nitrogen and oxygen atoms in total. The van der Waals surface area contributed by atoms with E-state index in [1.165, 1.54) is 13.3 Å². The van der Waals surface area contributed by atoms with Gasteiger partial charge < -0.3 is 20.1 Å². The number of piperazine rings is 1. The predicted molar refractivity (Wildman–Crippen MR) is 65.0 cm³/mol. The molecule has 1 atom stereocenters. The van der Waals surface area contributed by atoms with Gasteiger partial charge in [0.05, 0.1) is 13.5 Å². The molecule has 102 valence electrons. The Labute approximate surface area is 109 Å². The molecule has 0 aliphatic carbocycles. The lowest BCUT2D eigenvalue weighted by molar-refractivity contribution is -0.139. The second-order valence-electron chi connectivity index (χ2n) is 4.00. The Hall–Kier alpha value is -2.38. The summed E-state index contributed by atoms with van der Waals surface area (Å²) in [6.07, 6.45) is 1.21. The number of nitrogens with one attached hydrogen (secondary N) is 1. The van der Waals surface area contributed by atoms with Crippen molar-refractivity contribution in [2.45, 2.75) is 12.5 Å². The van der Waals surface area contributed by atoms with Crippen LogP contribution >= 0.6 is 0 Å². The van der Waals surface area contributed by atoms with Crippen LogP contribution in [-0.4, -0.2) is 53.2 Å². The molecule has 8 heteroatoms. The minimum absolute atomic E-state index is 0.292. The van der Waals surface area contributed by atoms with Crippen LogP contribution in [0, 0.1) is 0 Å². The van der Waals surface area contributed by atoms with E-state index in [1.54, 1.807) is 11.0 Å². The molecule has 19 heavy (non-hydrogen) atoms. The number of carbonyl (C=O) groups is 2. The molecule has 0 bridgehead atoms. The first-order valence-corrected chi connectivity index (χ1v) is 5.75. The Bertz CT molecular complexity index is 493. The minimum Gasteiger partial charge on any atom is -0.481 e. The van der Waals surface area contributed by atoms with Crippen LogP contribution in [0.25, 0.3) is 0 Å². The Morgan fingerprint density at radius 1 is 1.68 bits per heavy atom. The lowest BCUT2D eigenvalue weighted by Crippen LogP contribution is -2.56. The van der Waals surface area contributed by atoms with E-state index in [0.29, 0.717) is 24.9 Å². The third kappa shape index (κ3) is 2.90. The normalized spacial score (nSPS) is 18.9. The van der Waals surface area contributed by atoms with Crippen molar-refractivity contribution >= 4 is 17.8 Å². The van der Waals surface area contributed by atoms with Gasteiger partial charge >= 0.3 is 5.97 Å². The number of amides is 1. The van der Waals surface area contributed by atoms with Crippen molar-refractivity contribution in [3.63, 3.8) is 0 Å². The van der Waals surface area contributed by atoms with E-state index < -0.39 is 12.0 Å². The lowest BCUT2D eigenvalue weighted by atomic mass is 10.1. The molecule has 0 spiro atoms. The van der Waals surface area contributed by atoms with Gasteiger partial charge in [-0.2, -0.15) is 4.98 Å². The van der Waals surface area contributed by atoms with Crippen LogP contribution in [0.5, 0.6) is 5.88 Å². The summed E-state index contributed by atoms with van der Waals surface area (Å²) in [6.45, 7) is 0.881. The van der Waals surface area contributed by atoms with Crippen molar-refractivity contribution in [1.82, 2.24) is 15.3 Å². The monoisotopic (exact) mass is 266 g/mol. The summed E-state index contributed by atoms with van der Waals surface area (Å²) in [5.41, 5.74) is 0. The van der Waals surface area contributed by atoms with Gasteiger partial charge in [-0.25, -0.2) is 4.98 Å². The van der Waals surface area contributed by atoms with Gasteiger partial charge in [-0.15, -0.1) is 0 Å². The fourth-order valence-corrected chi connectivity index (χ4v) is 1.91. The maximum absolute atomic E-state index is 11.8. The summed E-state index contributed by atoms with van der Waals surface area (Å²) in [4.78, 5) is 32.4. The summed E-state index contributed by atoms with van der Waals surface area (Å²) < 4.78 is 4.99. The van der Waals surface area contributed by atoms with Crippen molar-refractivity contribution in [2.24, 2.45) is 0 Å². The van der Waals surface area contributed by atoms with Crippen LogP contribution in [0.4, 0.5) is 5.95 Å². The number of rotatable bonds is 4. The summed E-state index contributed by atoms with van der Waals surface area (Å²) in [7, 11) is 1.48. The average molecular weight is 266 g/mol. The maximum atomic E-state index is 11.8. The first-order valence-electron chi connectivity index (χ1n) is 5.75. The van der Waals surface area contributed by atoms with Crippen LogP contribution < -0.4 is 15.0 Å². The molecule has 1 aliphatic heterocycles. The van der Waals surface area contributed by atoms with E-state index >= 15 is 0 Å². The molecule has 0 saturated carbocycles. The number of aliphatic carboxylic acids is 1. The number of carboxylic acids is 1. The Morgan fingerprint density at radius 2 is 2.47 bits per heavy atom. The fraction of sp³-hybridized carbons (Fsp3) is 0.455. The number of hydrogen-bond donors (Lipinski definition) is 2. The average Bonchev–Trinajstić information content (AvgIpc) is 2.40. The molecule has 1 saturated heterocycles. The second-order valence-corrected chi connectivity index (χ2v) is 4.00. The predicted octanol–water partition coefficient (Wildman–Crippen LogP) is -0.735. The van der Waals surface area contributed by atoms with E-state index in [1.807, 2.05) is 0 Å². The smallest absolute Gasteiger partial charge is 0.305 e. The fourth-order valence-electron chi connectivity index (χ4n) is 1.91. The van der Waals surface area contributed by atoms with Gasteiger partial charge in [0.1, 0.15) is 6.04 Å².